The molecule has 2 N–H and O–H groups in total. The lowest BCUT2D eigenvalue weighted by atomic mass is 10.1. The summed E-state index contributed by atoms with van der Waals surface area (Å²) >= 11 is 5.69. The Morgan fingerprint density at radius 3 is 2.81 bits per heavy atom. The summed E-state index contributed by atoms with van der Waals surface area (Å²) in [5.41, 5.74) is 1.71. The quantitative estimate of drug-likeness (QED) is 0.564. The molecule has 1 aliphatic rings. The minimum Gasteiger partial charge on any atom is -0.350 e. The van der Waals surface area contributed by atoms with Gasteiger partial charge in [-0.05, 0) is 17.7 Å². The molecule has 21 heavy (non-hydrogen) atoms. The standard InChI is InChI=1S/C14H17N3O2S2/c18-12(9-20)15-5-6-16-13(19)10-1-3-11(4-2-10)14-17-7-8-21-14/h1-4,6,14,17,20H,5,7-9H2,(H,15,18)/t14-/m1/s1. The molecular formula is C14H17N3O2S2. The molecule has 0 unspecified atom stereocenters. The second-order valence-electron chi connectivity index (χ2n) is 4.41. The third kappa shape index (κ3) is 4.87. The van der Waals surface area contributed by atoms with Gasteiger partial charge in [-0.3, -0.25) is 9.59 Å². The second-order valence-corrected chi connectivity index (χ2v) is 5.94. The van der Waals surface area contributed by atoms with Gasteiger partial charge in [0.2, 0.25) is 5.91 Å². The minimum absolute atomic E-state index is 0.121. The predicted octanol–water partition coefficient (Wildman–Crippen LogP) is 1.28. The lowest BCUT2D eigenvalue weighted by Crippen LogP contribution is -2.26. The first-order chi connectivity index (χ1) is 10.2. The van der Waals surface area contributed by atoms with Gasteiger partial charge in [-0.2, -0.15) is 12.6 Å². The van der Waals surface area contributed by atoms with E-state index in [1.54, 1.807) is 12.1 Å². The molecule has 0 aromatic heterocycles. The fourth-order valence-corrected chi connectivity index (χ4v) is 3.03. The first-order valence-electron chi connectivity index (χ1n) is 6.60. The number of rotatable bonds is 5. The molecule has 112 valence electrons. The number of carbonyl (C=O) groups is 2. The maximum Gasteiger partial charge on any atom is 0.276 e. The highest BCUT2D eigenvalue weighted by Gasteiger charge is 2.16. The van der Waals surface area contributed by atoms with E-state index in [0.717, 1.165) is 12.3 Å². The van der Waals surface area contributed by atoms with Crippen LogP contribution in [-0.4, -0.2) is 42.6 Å². The molecule has 1 atom stereocenters. The van der Waals surface area contributed by atoms with Crippen LogP contribution in [0.25, 0.3) is 0 Å². The van der Waals surface area contributed by atoms with E-state index in [1.807, 2.05) is 23.9 Å². The smallest absolute Gasteiger partial charge is 0.276 e. The number of benzene rings is 1. The minimum atomic E-state index is -0.311. The van der Waals surface area contributed by atoms with Crippen LogP contribution in [0.5, 0.6) is 0 Å². The first kappa shape index (κ1) is 16.1. The molecule has 1 aliphatic heterocycles. The molecule has 0 radical (unpaired) electrons. The van der Waals surface area contributed by atoms with Crippen molar-refractivity contribution in [2.75, 3.05) is 24.6 Å². The summed E-state index contributed by atoms with van der Waals surface area (Å²) < 4.78 is 0. The summed E-state index contributed by atoms with van der Waals surface area (Å²) in [7, 11) is 0. The molecule has 0 saturated carbocycles. The molecule has 2 amide bonds. The summed E-state index contributed by atoms with van der Waals surface area (Å²) in [4.78, 5) is 26.6. The van der Waals surface area contributed by atoms with Crippen LogP contribution in [0.15, 0.2) is 29.3 Å². The van der Waals surface area contributed by atoms with E-state index in [4.69, 9.17) is 0 Å². The monoisotopic (exact) mass is 323 g/mol. The van der Waals surface area contributed by atoms with Crippen LogP contribution in [0.4, 0.5) is 0 Å². The van der Waals surface area contributed by atoms with Crippen molar-refractivity contribution in [3.05, 3.63) is 35.4 Å². The van der Waals surface area contributed by atoms with Gasteiger partial charge < -0.3 is 10.6 Å². The van der Waals surface area contributed by atoms with Gasteiger partial charge in [-0.1, -0.05) is 12.1 Å². The summed E-state index contributed by atoms with van der Waals surface area (Å²) in [5, 5.41) is 6.25. The number of nitrogens with one attached hydrogen (secondary N) is 2. The van der Waals surface area contributed by atoms with Crippen molar-refractivity contribution in [3.8, 4) is 0 Å². The van der Waals surface area contributed by atoms with Crippen molar-refractivity contribution in [1.82, 2.24) is 10.6 Å². The van der Waals surface area contributed by atoms with E-state index in [0.29, 0.717) is 10.9 Å². The summed E-state index contributed by atoms with van der Waals surface area (Å²) in [6.45, 7) is 1.24. The Hall–Kier alpha value is -1.31. The average molecular weight is 323 g/mol. The van der Waals surface area contributed by atoms with Gasteiger partial charge in [0.15, 0.2) is 0 Å². The number of hydrogen-bond acceptors (Lipinski definition) is 5. The van der Waals surface area contributed by atoms with Crippen molar-refractivity contribution < 1.29 is 9.59 Å². The Morgan fingerprint density at radius 2 is 2.19 bits per heavy atom. The lowest BCUT2D eigenvalue weighted by Gasteiger charge is -2.09. The van der Waals surface area contributed by atoms with Gasteiger partial charge in [-0.25, -0.2) is 4.99 Å². The van der Waals surface area contributed by atoms with Crippen LogP contribution in [0, 0.1) is 0 Å². The molecule has 0 bridgehead atoms. The van der Waals surface area contributed by atoms with Crippen LogP contribution in [0.3, 0.4) is 0 Å². The number of hydrogen-bond donors (Lipinski definition) is 3. The van der Waals surface area contributed by atoms with Crippen LogP contribution in [-0.2, 0) is 4.79 Å². The number of nitrogens with zero attached hydrogens (tertiary/aromatic N) is 1. The molecule has 1 aromatic rings. The SMILES string of the molecule is O=C(CS)NCC=NC(=O)c1ccc([C@@H]2NCCS2)cc1. The number of thiol groups is 1. The van der Waals surface area contributed by atoms with E-state index >= 15 is 0 Å². The van der Waals surface area contributed by atoms with Crippen LogP contribution >= 0.6 is 24.4 Å². The van der Waals surface area contributed by atoms with Gasteiger partial charge >= 0.3 is 0 Å². The second kappa shape index (κ2) is 8.21. The predicted molar refractivity (Wildman–Crippen MR) is 89.3 cm³/mol. The van der Waals surface area contributed by atoms with Gasteiger partial charge in [0.25, 0.3) is 5.91 Å². The largest absolute Gasteiger partial charge is 0.350 e. The van der Waals surface area contributed by atoms with Crippen LogP contribution in [0.1, 0.15) is 21.3 Å². The van der Waals surface area contributed by atoms with Crippen molar-refractivity contribution in [2.24, 2.45) is 4.99 Å². The first-order valence-corrected chi connectivity index (χ1v) is 8.28. The van der Waals surface area contributed by atoms with Crippen molar-refractivity contribution in [1.29, 1.82) is 0 Å². The van der Waals surface area contributed by atoms with E-state index in [1.165, 1.54) is 11.8 Å². The van der Waals surface area contributed by atoms with Crippen molar-refractivity contribution >= 4 is 42.4 Å². The fraction of sp³-hybridized carbons (Fsp3) is 0.357. The normalized spacial score (nSPS) is 18.0. The Kier molecular flexibility index (Phi) is 6.28. The summed E-state index contributed by atoms with van der Waals surface area (Å²) in [5.74, 6) is 0.723. The summed E-state index contributed by atoms with van der Waals surface area (Å²) in [6, 6.07) is 7.45. The maximum absolute atomic E-state index is 11.8. The number of amides is 2. The maximum atomic E-state index is 11.8. The Bertz CT molecular complexity index is 526. The molecule has 0 aliphatic carbocycles. The zero-order chi connectivity index (χ0) is 15.1. The van der Waals surface area contributed by atoms with Gasteiger partial charge in [0.05, 0.1) is 17.7 Å². The van der Waals surface area contributed by atoms with Crippen LogP contribution in [0.2, 0.25) is 0 Å². The van der Waals surface area contributed by atoms with E-state index in [9.17, 15) is 9.59 Å². The van der Waals surface area contributed by atoms with Crippen LogP contribution < -0.4 is 10.6 Å². The Balaban J connectivity index is 1.87. The highest BCUT2D eigenvalue weighted by molar-refractivity contribution is 7.99. The van der Waals surface area contributed by atoms with Gasteiger partial charge in [-0.15, -0.1) is 11.8 Å². The third-order valence-electron chi connectivity index (χ3n) is 2.92. The number of thioether (sulfide) groups is 1. The number of aliphatic imine (C=N–C) groups is 1. The van der Waals surface area contributed by atoms with Crippen molar-refractivity contribution in [3.63, 3.8) is 0 Å². The average Bonchev–Trinajstić information content (AvgIpc) is 3.05. The van der Waals surface area contributed by atoms with E-state index < -0.39 is 0 Å². The molecule has 1 aromatic carbocycles. The van der Waals surface area contributed by atoms with Crippen molar-refractivity contribution in [2.45, 2.75) is 5.37 Å². The highest BCUT2D eigenvalue weighted by atomic mass is 32.2. The molecule has 5 nitrogen and oxygen atoms in total. The molecule has 2 rings (SSSR count). The molecule has 1 fully saturated rings. The van der Waals surface area contributed by atoms with Gasteiger partial charge in [0.1, 0.15) is 0 Å². The Morgan fingerprint density at radius 1 is 1.43 bits per heavy atom. The topological polar surface area (TPSA) is 70.6 Å². The molecular weight excluding hydrogens is 306 g/mol. The highest BCUT2D eigenvalue weighted by Crippen LogP contribution is 2.29. The van der Waals surface area contributed by atoms with E-state index in [2.05, 4.69) is 28.3 Å². The lowest BCUT2D eigenvalue weighted by molar-refractivity contribution is -0.118. The molecule has 1 heterocycles. The number of carbonyl (C=O) groups excluding carboxylic acids is 2. The Labute approximate surface area is 133 Å². The molecule has 0 spiro atoms. The summed E-state index contributed by atoms with van der Waals surface area (Å²) in [6.07, 6.45) is 1.39. The van der Waals surface area contributed by atoms with E-state index in [-0.39, 0.29) is 24.1 Å². The third-order valence-corrected chi connectivity index (χ3v) is 4.42. The zero-order valence-corrected chi connectivity index (χ0v) is 13.1. The van der Waals surface area contributed by atoms with Gasteiger partial charge in [0, 0.05) is 24.1 Å². The molecule has 1 saturated heterocycles. The zero-order valence-electron chi connectivity index (χ0n) is 11.4. The fourth-order valence-electron chi connectivity index (χ4n) is 1.86. The molecule has 7 heteroatoms.